The zero-order valence-electron chi connectivity index (χ0n) is 17.7. The molecule has 3 rings (SSSR count). The Morgan fingerprint density at radius 1 is 1.13 bits per heavy atom. The van der Waals surface area contributed by atoms with Crippen LogP contribution in [0.1, 0.15) is 12.5 Å². The van der Waals surface area contributed by atoms with Crippen LogP contribution in [0.3, 0.4) is 0 Å². The van der Waals surface area contributed by atoms with Gasteiger partial charge in [0.15, 0.2) is 0 Å². The summed E-state index contributed by atoms with van der Waals surface area (Å²) in [6, 6.07) is 10.7. The summed E-state index contributed by atoms with van der Waals surface area (Å²) in [5, 5.41) is 16.9. The molecule has 0 saturated heterocycles. The Hall–Kier alpha value is -3.52. The second-order valence-electron chi connectivity index (χ2n) is 6.31. The summed E-state index contributed by atoms with van der Waals surface area (Å²) in [7, 11) is 3.22. The number of rotatable bonds is 9. The first kappa shape index (κ1) is 22.2. The number of phenolic OH excluding ortho intramolecular Hbond substituents is 1. The maximum absolute atomic E-state index is 10.3. The predicted molar refractivity (Wildman–Crippen MR) is 124 cm³/mol. The Bertz CT molecular complexity index is 1150. The predicted octanol–water partition coefficient (Wildman–Crippen LogP) is 4.31. The molecule has 0 spiro atoms. The number of thiazole rings is 1. The van der Waals surface area contributed by atoms with Gasteiger partial charge in [0, 0.05) is 28.6 Å². The lowest BCUT2D eigenvalue weighted by molar-refractivity contribution is 0.337. The number of aromatic nitrogens is 1. The third-order valence-electron chi connectivity index (χ3n) is 4.35. The van der Waals surface area contributed by atoms with Crippen molar-refractivity contribution < 1.29 is 19.3 Å². The largest absolute Gasteiger partial charge is 0.507 e. The lowest BCUT2D eigenvalue weighted by Crippen LogP contribution is -2.12. The number of benzene rings is 2. The lowest BCUT2D eigenvalue weighted by atomic mass is 10.1. The van der Waals surface area contributed by atoms with Crippen molar-refractivity contribution in [2.24, 2.45) is 10.1 Å². The topological polar surface area (TPSA) is 77.6 Å². The molecule has 7 nitrogen and oxygen atoms in total. The van der Waals surface area contributed by atoms with E-state index in [1.807, 2.05) is 30.5 Å². The quantitative estimate of drug-likeness (QED) is 0.398. The van der Waals surface area contributed by atoms with Gasteiger partial charge in [-0.25, -0.2) is 4.68 Å². The molecule has 0 aliphatic carbocycles. The number of hydrogen-bond donors (Lipinski definition) is 1. The summed E-state index contributed by atoms with van der Waals surface area (Å²) in [4.78, 5) is 5.22. The van der Waals surface area contributed by atoms with E-state index >= 15 is 0 Å². The van der Waals surface area contributed by atoms with Crippen molar-refractivity contribution in [2.45, 2.75) is 6.92 Å². The Morgan fingerprint density at radius 3 is 2.61 bits per heavy atom. The van der Waals surface area contributed by atoms with Crippen molar-refractivity contribution in [1.29, 1.82) is 0 Å². The Kier molecular flexibility index (Phi) is 7.50. The molecule has 3 aromatic rings. The van der Waals surface area contributed by atoms with E-state index in [9.17, 15) is 5.11 Å². The molecule has 162 valence electrons. The number of ether oxygens (including phenoxy) is 3. The van der Waals surface area contributed by atoms with Crippen molar-refractivity contribution >= 4 is 17.6 Å². The first-order valence-electron chi connectivity index (χ1n) is 9.65. The first-order chi connectivity index (χ1) is 15.1. The van der Waals surface area contributed by atoms with Crippen molar-refractivity contribution in [3.05, 3.63) is 64.8 Å². The third kappa shape index (κ3) is 5.16. The monoisotopic (exact) mass is 439 g/mol. The highest BCUT2D eigenvalue weighted by atomic mass is 32.1. The fourth-order valence-corrected chi connectivity index (χ4v) is 3.70. The van der Waals surface area contributed by atoms with Gasteiger partial charge < -0.3 is 19.3 Å². The fourth-order valence-electron chi connectivity index (χ4n) is 2.87. The molecule has 1 N–H and O–H groups in total. The number of nitrogens with zero attached hydrogens (tertiary/aromatic N) is 3. The highest BCUT2D eigenvalue weighted by molar-refractivity contribution is 7.07. The average Bonchev–Trinajstić information content (AvgIpc) is 3.19. The van der Waals surface area contributed by atoms with E-state index in [0.29, 0.717) is 40.8 Å². The molecule has 0 unspecified atom stereocenters. The van der Waals surface area contributed by atoms with Gasteiger partial charge >= 0.3 is 0 Å². The zero-order valence-corrected chi connectivity index (χ0v) is 18.6. The third-order valence-corrected chi connectivity index (χ3v) is 5.20. The normalized spacial score (nSPS) is 11.6. The highest BCUT2D eigenvalue weighted by Gasteiger charge is 2.14. The van der Waals surface area contributed by atoms with Crippen LogP contribution in [0, 0.1) is 0 Å². The number of hydrogen-bond acceptors (Lipinski definition) is 7. The molecule has 0 aliphatic heterocycles. The second-order valence-corrected chi connectivity index (χ2v) is 7.15. The number of aromatic hydroxyl groups is 1. The molecular formula is C23H25N3O4S. The molecular weight excluding hydrogens is 414 g/mol. The van der Waals surface area contributed by atoms with Crippen LogP contribution < -0.4 is 19.0 Å². The summed E-state index contributed by atoms with van der Waals surface area (Å²) in [6.45, 7) is 6.61. The molecule has 31 heavy (non-hydrogen) atoms. The lowest BCUT2D eigenvalue weighted by Gasteiger charge is -2.11. The summed E-state index contributed by atoms with van der Waals surface area (Å²) in [5.41, 5.74) is 2.20. The minimum Gasteiger partial charge on any atom is -0.507 e. The Balaban J connectivity index is 2.08. The van der Waals surface area contributed by atoms with Gasteiger partial charge in [-0.05, 0) is 31.2 Å². The molecule has 1 aromatic heterocycles. The van der Waals surface area contributed by atoms with Crippen molar-refractivity contribution in [3.8, 4) is 34.3 Å². The van der Waals surface area contributed by atoms with Gasteiger partial charge in [0.1, 0.15) is 23.0 Å². The summed E-state index contributed by atoms with van der Waals surface area (Å²) >= 11 is 1.45. The van der Waals surface area contributed by atoms with Crippen LogP contribution in [0.5, 0.6) is 23.0 Å². The molecule has 0 amide bonds. The minimum atomic E-state index is 0.0821. The molecule has 0 atom stereocenters. The molecule has 2 aromatic carbocycles. The number of methoxy groups -OCH3 is 2. The van der Waals surface area contributed by atoms with Crippen LogP contribution in [-0.4, -0.2) is 43.4 Å². The van der Waals surface area contributed by atoms with Crippen LogP contribution in [0.4, 0.5) is 0 Å². The van der Waals surface area contributed by atoms with Crippen molar-refractivity contribution in [3.63, 3.8) is 0 Å². The average molecular weight is 440 g/mol. The van der Waals surface area contributed by atoms with E-state index in [1.54, 1.807) is 49.4 Å². The van der Waals surface area contributed by atoms with Gasteiger partial charge in [0.05, 0.1) is 39.3 Å². The van der Waals surface area contributed by atoms with Crippen LogP contribution in [0.25, 0.3) is 11.3 Å². The molecule has 0 saturated carbocycles. The van der Waals surface area contributed by atoms with E-state index in [4.69, 9.17) is 14.2 Å². The molecule has 0 bridgehead atoms. The minimum absolute atomic E-state index is 0.0821. The van der Waals surface area contributed by atoms with Gasteiger partial charge in [-0.1, -0.05) is 6.08 Å². The van der Waals surface area contributed by atoms with Crippen LogP contribution >= 0.6 is 11.3 Å². The SMILES string of the molecule is C=CCN=c1scc(-c2ccc(OC)cc2OC)n1N=Cc1ccc(OCC)cc1O. The summed E-state index contributed by atoms with van der Waals surface area (Å²) in [5.74, 6) is 2.03. The van der Waals surface area contributed by atoms with Gasteiger partial charge in [0.25, 0.3) is 0 Å². The first-order valence-corrected chi connectivity index (χ1v) is 10.5. The van der Waals surface area contributed by atoms with Gasteiger partial charge in [0.2, 0.25) is 4.80 Å². The number of phenols is 1. The maximum Gasteiger partial charge on any atom is 0.206 e. The van der Waals surface area contributed by atoms with Gasteiger partial charge in [-0.15, -0.1) is 17.9 Å². The van der Waals surface area contributed by atoms with E-state index in [1.165, 1.54) is 11.3 Å². The Morgan fingerprint density at radius 2 is 1.94 bits per heavy atom. The Labute approximate surface area is 185 Å². The van der Waals surface area contributed by atoms with Crippen LogP contribution in [0.2, 0.25) is 0 Å². The molecule has 8 heteroatoms. The molecule has 0 aliphatic rings. The standard InChI is InChI=1S/C23H25N3O4S/c1-5-11-24-23-26(25-14-16-7-8-18(30-6-2)12-21(16)27)20(15-31-23)19-10-9-17(28-3)13-22(19)29-4/h5,7-10,12-15,27H,1,6,11H2,2-4H3. The van der Waals surface area contributed by atoms with Gasteiger partial charge in [-0.2, -0.15) is 5.10 Å². The van der Waals surface area contributed by atoms with E-state index in [0.717, 1.165) is 11.3 Å². The van der Waals surface area contributed by atoms with Crippen molar-refractivity contribution in [1.82, 2.24) is 4.68 Å². The maximum atomic E-state index is 10.3. The zero-order chi connectivity index (χ0) is 22.2. The summed E-state index contributed by atoms with van der Waals surface area (Å²) in [6.07, 6.45) is 3.31. The fraction of sp³-hybridized carbons (Fsp3) is 0.217. The molecule has 0 radical (unpaired) electrons. The smallest absolute Gasteiger partial charge is 0.206 e. The molecule has 0 fully saturated rings. The van der Waals surface area contributed by atoms with Crippen molar-refractivity contribution in [2.75, 3.05) is 27.4 Å². The molecule has 1 heterocycles. The van der Waals surface area contributed by atoms with Gasteiger partial charge in [-0.3, -0.25) is 4.99 Å². The van der Waals surface area contributed by atoms with E-state index in [-0.39, 0.29) is 5.75 Å². The van der Waals surface area contributed by atoms with Crippen LogP contribution in [-0.2, 0) is 0 Å². The van der Waals surface area contributed by atoms with E-state index in [2.05, 4.69) is 16.7 Å². The summed E-state index contributed by atoms with van der Waals surface area (Å²) < 4.78 is 18.0. The highest BCUT2D eigenvalue weighted by Crippen LogP contribution is 2.33. The van der Waals surface area contributed by atoms with E-state index < -0.39 is 0 Å². The second kappa shape index (κ2) is 10.5. The van der Waals surface area contributed by atoms with Crippen LogP contribution in [0.15, 0.2) is 64.5 Å².